The number of carbonyl (C=O) groups excluding carboxylic acids is 1. The number of fused-ring (bicyclic) bond motifs is 1. The Morgan fingerprint density at radius 2 is 2.08 bits per heavy atom. The zero-order valence-corrected chi connectivity index (χ0v) is 14.6. The monoisotopic (exact) mass is 371 g/mol. The van der Waals surface area contributed by atoms with Crippen LogP contribution < -0.4 is 14.8 Å². The van der Waals surface area contributed by atoms with Gasteiger partial charge in [0.1, 0.15) is 12.2 Å². The first-order valence-electron chi connectivity index (χ1n) is 8.12. The van der Waals surface area contributed by atoms with Crippen LogP contribution in [0.15, 0.2) is 64.8 Å². The summed E-state index contributed by atoms with van der Waals surface area (Å²) in [5, 5.41) is 15.8. The lowest BCUT2D eigenvalue weighted by Gasteiger charge is -2.29. The van der Waals surface area contributed by atoms with Crippen molar-refractivity contribution in [3.05, 3.63) is 70.8 Å². The lowest BCUT2D eigenvalue weighted by atomic mass is 9.94. The topological polar surface area (TPSA) is 80.9 Å². The summed E-state index contributed by atoms with van der Waals surface area (Å²) >= 11 is 1.41. The Morgan fingerprint density at radius 3 is 2.81 bits per heavy atom. The second-order valence-corrected chi connectivity index (χ2v) is 6.88. The van der Waals surface area contributed by atoms with Gasteiger partial charge < -0.3 is 24.3 Å². The van der Waals surface area contributed by atoms with Gasteiger partial charge in [-0.05, 0) is 29.6 Å². The molecule has 0 aliphatic carbocycles. The first-order valence-corrected chi connectivity index (χ1v) is 9.00. The molecule has 0 bridgehead atoms. The van der Waals surface area contributed by atoms with Gasteiger partial charge >= 0.3 is 0 Å². The molecule has 0 spiro atoms. The Kier molecular flexibility index (Phi) is 4.40. The minimum atomic E-state index is -1.37. The number of benzene rings is 1. The van der Waals surface area contributed by atoms with E-state index in [0.29, 0.717) is 21.9 Å². The van der Waals surface area contributed by atoms with Crippen LogP contribution in [0.3, 0.4) is 0 Å². The molecule has 6 nitrogen and oxygen atoms in total. The Labute approximate surface area is 154 Å². The lowest BCUT2D eigenvalue weighted by molar-refractivity contribution is -0.131. The standard InChI is InChI=1S/C19H17NO5S/c21-18(16-11-24-14-4-1-2-5-15(14)25-16)20-12-19(22,13-7-8-23-10-13)17-6-3-9-26-17/h1-10,16,22H,11-12H2,(H,20,21)/t16-,19-/m1/s1. The van der Waals surface area contributed by atoms with Crippen molar-refractivity contribution in [3.8, 4) is 11.5 Å². The van der Waals surface area contributed by atoms with E-state index in [4.69, 9.17) is 13.9 Å². The third-order valence-electron chi connectivity index (χ3n) is 4.25. The van der Waals surface area contributed by atoms with Crippen molar-refractivity contribution in [3.63, 3.8) is 0 Å². The van der Waals surface area contributed by atoms with Gasteiger partial charge in [0.2, 0.25) is 6.10 Å². The molecule has 1 aliphatic heterocycles. The Morgan fingerprint density at radius 1 is 1.23 bits per heavy atom. The maximum Gasteiger partial charge on any atom is 0.264 e. The SMILES string of the molecule is O=C(NC[C@@](O)(c1ccoc1)c1cccs1)[C@H]1COc2ccccc2O1. The molecular weight excluding hydrogens is 354 g/mol. The number of ether oxygens (including phenoxy) is 2. The molecule has 0 fully saturated rings. The summed E-state index contributed by atoms with van der Waals surface area (Å²) in [4.78, 5) is 13.3. The summed E-state index contributed by atoms with van der Waals surface area (Å²) in [5.74, 6) is 0.797. The lowest BCUT2D eigenvalue weighted by Crippen LogP contribution is -2.48. The first kappa shape index (κ1) is 16.7. The summed E-state index contributed by atoms with van der Waals surface area (Å²) in [7, 11) is 0. The molecule has 1 aromatic carbocycles. The smallest absolute Gasteiger partial charge is 0.264 e. The van der Waals surface area contributed by atoms with Gasteiger partial charge in [-0.3, -0.25) is 4.79 Å². The second-order valence-electron chi connectivity index (χ2n) is 5.93. The van der Waals surface area contributed by atoms with E-state index in [1.54, 1.807) is 18.2 Å². The van der Waals surface area contributed by atoms with Crippen molar-refractivity contribution in [2.24, 2.45) is 0 Å². The summed E-state index contributed by atoms with van der Waals surface area (Å²) in [5.41, 5.74) is -0.795. The molecule has 1 amide bonds. The predicted molar refractivity (Wildman–Crippen MR) is 95.4 cm³/mol. The fourth-order valence-electron chi connectivity index (χ4n) is 2.82. The maximum atomic E-state index is 12.5. The van der Waals surface area contributed by atoms with Crippen LogP contribution in [0.2, 0.25) is 0 Å². The Balaban J connectivity index is 1.48. The van der Waals surface area contributed by atoms with Gasteiger partial charge in [-0.2, -0.15) is 0 Å². The molecule has 2 N–H and O–H groups in total. The molecular formula is C19H17NO5S. The average molecular weight is 371 g/mol. The zero-order chi connectivity index (χ0) is 18.0. The summed E-state index contributed by atoms with van der Waals surface area (Å²) in [6, 6.07) is 12.6. The van der Waals surface area contributed by atoms with Crippen LogP contribution in [0.4, 0.5) is 0 Å². The summed E-state index contributed by atoms with van der Waals surface area (Å²) in [6.07, 6.45) is 2.19. The molecule has 0 radical (unpaired) electrons. The molecule has 2 atom stereocenters. The number of aliphatic hydroxyl groups is 1. The number of thiophene rings is 1. The number of hydrogen-bond donors (Lipinski definition) is 2. The highest BCUT2D eigenvalue weighted by Gasteiger charge is 2.36. The van der Waals surface area contributed by atoms with Crippen LogP contribution in [-0.2, 0) is 10.4 Å². The van der Waals surface area contributed by atoms with Gasteiger partial charge in [-0.25, -0.2) is 0 Å². The highest BCUT2D eigenvalue weighted by molar-refractivity contribution is 7.10. The van der Waals surface area contributed by atoms with E-state index in [1.165, 1.54) is 23.9 Å². The molecule has 3 aromatic rings. The quantitative estimate of drug-likeness (QED) is 0.720. The van der Waals surface area contributed by atoms with Crippen molar-refractivity contribution in [2.45, 2.75) is 11.7 Å². The number of carbonyl (C=O) groups is 1. The van der Waals surface area contributed by atoms with Crippen LogP contribution >= 0.6 is 11.3 Å². The van der Waals surface area contributed by atoms with E-state index in [-0.39, 0.29) is 19.1 Å². The van der Waals surface area contributed by atoms with Crippen molar-refractivity contribution >= 4 is 17.2 Å². The molecule has 7 heteroatoms. The van der Waals surface area contributed by atoms with E-state index in [2.05, 4.69) is 5.32 Å². The largest absolute Gasteiger partial charge is 0.485 e. The van der Waals surface area contributed by atoms with Gasteiger partial charge in [0, 0.05) is 10.4 Å². The van der Waals surface area contributed by atoms with E-state index >= 15 is 0 Å². The number of amides is 1. The summed E-state index contributed by atoms with van der Waals surface area (Å²) in [6.45, 7) is 0.110. The van der Waals surface area contributed by atoms with Crippen molar-refractivity contribution in [1.29, 1.82) is 0 Å². The molecule has 0 saturated heterocycles. The normalized spacial score (nSPS) is 18.1. The molecule has 26 heavy (non-hydrogen) atoms. The van der Waals surface area contributed by atoms with Gasteiger partial charge in [0.15, 0.2) is 11.5 Å². The number of rotatable bonds is 5. The molecule has 4 rings (SSSR count). The number of furan rings is 1. The van der Waals surface area contributed by atoms with E-state index in [0.717, 1.165) is 0 Å². The van der Waals surface area contributed by atoms with Gasteiger partial charge in [-0.15, -0.1) is 11.3 Å². The second kappa shape index (κ2) is 6.86. The number of para-hydroxylation sites is 2. The highest BCUT2D eigenvalue weighted by Crippen LogP contribution is 2.33. The van der Waals surface area contributed by atoms with Gasteiger partial charge in [0.05, 0.1) is 19.1 Å². The number of hydrogen-bond acceptors (Lipinski definition) is 6. The Bertz CT molecular complexity index is 841. The van der Waals surface area contributed by atoms with Crippen LogP contribution in [0, 0.1) is 0 Å². The van der Waals surface area contributed by atoms with Crippen LogP contribution in [0.1, 0.15) is 10.4 Å². The van der Waals surface area contributed by atoms with E-state index in [9.17, 15) is 9.90 Å². The molecule has 3 heterocycles. The zero-order valence-electron chi connectivity index (χ0n) is 13.8. The highest BCUT2D eigenvalue weighted by atomic mass is 32.1. The van der Waals surface area contributed by atoms with Crippen molar-refractivity contribution in [1.82, 2.24) is 5.32 Å². The van der Waals surface area contributed by atoms with Crippen LogP contribution in [0.5, 0.6) is 11.5 Å². The summed E-state index contributed by atoms with van der Waals surface area (Å²) < 4.78 is 16.4. The van der Waals surface area contributed by atoms with Crippen LogP contribution in [-0.4, -0.2) is 30.3 Å². The maximum absolute atomic E-state index is 12.5. The van der Waals surface area contributed by atoms with Gasteiger partial charge in [-0.1, -0.05) is 18.2 Å². The Hall–Kier alpha value is -2.77. The van der Waals surface area contributed by atoms with Gasteiger partial charge in [0.25, 0.3) is 5.91 Å². The fourth-order valence-corrected chi connectivity index (χ4v) is 3.67. The third kappa shape index (κ3) is 3.07. The average Bonchev–Trinajstić information content (AvgIpc) is 3.39. The van der Waals surface area contributed by atoms with E-state index in [1.807, 2.05) is 29.6 Å². The first-order chi connectivity index (χ1) is 12.7. The molecule has 134 valence electrons. The minimum Gasteiger partial charge on any atom is -0.485 e. The minimum absolute atomic E-state index is 0.00656. The molecule has 2 aromatic heterocycles. The number of nitrogens with one attached hydrogen (secondary N) is 1. The van der Waals surface area contributed by atoms with Crippen LogP contribution in [0.25, 0.3) is 0 Å². The molecule has 0 saturated carbocycles. The van der Waals surface area contributed by atoms with Crippen molar-refractivity contribution < 1.29 is 23.8 Å². The third-order valence-corrected chi connectivity index (χ3v) is 5.27. The molecule has 1 aliphatic rings. The van der Waals surface area contributed by atoms with E-state index < -0.39 is 11.7 Å². The fraction of sp³-hybridized carbons (Fsp3) is 0.211. The molecule has 0 unspecified atom stereocenters. The van der Waals surface area contributed by atoms with Crippen molar-refractivity contribution in [2.75, 3.05) is 13.2 Å². The predicted octanol–water partition coefficient (Wildman–Crippen LogP) is 2.53.